The fraction of sp³-hybridized carbons (Fsp3) is 0.375. The number of carbonyl (C=O) groups excluding carboxylic acids is 2. The van der Waals surface area contributed by atoms with Gasteiger partial charge in [0, 0.05) is 12.4 Å². The fourth-order valence-electron chi connectivity index (χ4n) is 0.894. The molecule has 0 atom stereocenters. The van der Waals surface area contributed by atoms with Gasteiger partial charge in [0.2, 0.25) is 0 Å². The van der Waals surface area contributed by atoms with Crippen molar-refractivity contribution < 1.29 is 40.8 Å². The highest BCUT2D eigenvalue weighted by Gasteiger charge is 2.54. The molecule has 0 aliphatic rings. The van der Waals surface area contributed by atoms with E-state index < -0.39 is 40.6 Å². The normalized spacial score (nSPS) is 11.9. The first-order valence-corrected chi connectivity index (χ1v) is 6.27. The van der Waals surface area contributed by atoms with E-state index in [1.165, 1.54) is 12.4 Å². The Labute approximate surface area is 110 Å². The molecule has 0 aliphatic heterocycles. The van der Waals surface area contributed by atoms with Gasteiger partial charge in [0.05, 0.1) is 0 Å². The van der Waals surface area contributed by atoms with Crippen LogP contribution >= 0.6 is 0 Å². The van der Waals surface area contributed by atoms with Gasteiger partial charge >= 0.3 is 27.4 Å². The van der Waals surface area contributed by atoms with Crippen LogP contribution in [-0.2, 0) is 24.4 Å². The molecule has 0 spiro atoms. The van der Waals surface area contributed by atoms with Crippen molar-refractivity contribution in [3.63, 3.8) is 0 Å². The van der Waals surface area contributed by atoms with E-state index in [1.54, 1.807) is 0 Å². The van der Waals surface area contributed by atoms with Crippen LogP contribution in [0.25, 0.3) is 0 Å². The predicted octanol–water partition coefficient (Wildman–Crippen LogP) is -0.108. The summed E-state index contributed by atoms with van der Waals surface area (Å²) in [5.41, 5.74) is 0. The first-order valence-electron chi connectivity index (χ1n) is 4.83. The SMILES string of the molecule is O=C(OCCOC(=O)C(F)(F)S(=O)(=O)O)n1ccnc1. The molecule has 0 saturated heterocycles. The molecule has 0 saturated carbocycles. The molecule has 1 rings (SSSR count). The molecular formula is C8H8F2N2O7S. The van der Waals surface area contributed by atoms with Gasteiger partial charge in [0.15, 0.2) is 0 Å². The van der Waals surface area contributed by atoms with Crippen molar-refractivity contribution in [1.29, 1.82) is 0 Å². The van der Waals surface area contributed by atoms with Crippen LogP contribution < -0.4 is 0 Å². The molecule has 0 aromatic carbocycles. The topological polar surface area (TPSA) is 125 Å². The Morgan fingerprint density at radius 3 is 2.40 bits per heavy atom. The highest BCUT2D eigenvalue weighted by Crippen LogP contribution is 2.21. The van der Waals surface area contributed by atoms with Gasteiger partial charge in [-0.05, 0) is 0 Å². The lowest BCUT2D eigenvalue weighted by Gasteiger charge is -2.11. The zero-order valence-electron chi connectivity index (χ0n) is 9.60. The number of alkyl halides is 2. The van der Waals surface area contributed by atoms with Gasteiger partial charge in [-0.25, -0.2) is 19.1 Å². The number of carbonyl (C=O) groups is 2. The van der Waals surface area contributed by atoms with E-state index in [9.17, 15) is 26.8 Å². The summed E-state index contributed by atoms with van der Waals surface area (Å²) in [5, 5.41) is -5.08. The quantitative estimate of drug-likeness (QED) is 0.453. The first-order chi connectivity index (χ1) is 9.16. The molecule has 1 N–H and O–H groups in total. The Morgan fingerprint density at radius 1 is 1.30 bits per heavy atom. The molecule has 0 unspecified atom stereocenters. The molecule has 1 heterocycles. The number of ether oxygens (including phenoxy) is 2. The number of nitrogens with zero attached hydrogens (tertiary/aromatic N) is 2. The standard InChI is InChI=1S/C8H8F2N2O7S/c9-8(10,20(15,16)17)6(13)18-3-4-19-7(14)12-2-1-11-5-12/h1-2,5H,3-4H2,(H,15,16,17). The summed E-state index contributed by atoms with van der Waals surface area (Å²) in [7, 11) is -5.92. The molecule has 9 nitrogen and oxygen atoms in total. The minimum absolute atomic E-state index is 0.593. The zero-order chi connectivity index (χ0) is 15.4. The molecule has 20 heavy (non-hydrogen) atoms. The van der Waals surface area contributed by atoms with Crippen molar-refractivity contribution in [2.24, 2.45) is 0 Å². The maximum Gasteiger partial charge on any atom is 0.465 e. The van der Waals surface area contributed by atoms with Crippen molar-refractivity contribution in [2.45, 2.75) is 5.25 Å². The summed E-state index contributed by atoms with van der Waals surface area (Å²) in [4.78, 5) is 25.4. The van der Waals surface area contributed by atoms with Crippen LogP contribution in [0.15, 0.2) is 18.7 Å². The third-order valence-corrected chi connectivity index (χ3v) is 2.63. The molecule has 112 valence electrons. The zero-order valence-corrected chi connectivity index (χ0v) is 10.4. The first kappa shape index (κ1) is 16.0. The van der Waals surface area contributed by atoms with E-state index in [2.05, 4.69) is 14.5 Å². The highest BCUT2D eigenvalue weighted by molar-refractivity contribution is 7.87. The summed E-state index contributed by atoms with van der Waals surface area (Å²) in [6, 6.07) is 0. The minimum atomic E-state index is -5.92. The van der Waals surface area contributed by atoms with Crippen LogP contribution in [0, 0.1) is 0 Å². The van der Waals surface area contributed by atoms with E-state index in [0.29, 0.717) is 0 Å². The highest BCUT2D eigenvalue weighted by atomic mass is 32.2. The van der Waals surface area contributed by atoms with Gasteiger partial charge in [-0.15, -0.1) is 0 Å². The minimum Gasteiger partial charge on any atom is -0.457 e. The van der Waals surface area contributed by atoms with Gasteiger partial charge in [0.1, 0.15) is 19.5 Å². The molecule has 0 bridgehead atoms. The molecule has 0 aliphatic carbocycles. The van der Waals surface area contributed by atoms with E-state index in [1.807, 2.05) is 0 Å². The summed E-state index contributed by atoms with van der Waals surface area (Å²) in [6.45, 7) is -1.41. The number of aromatic nitrogens is 2. The van der Waals surface area contributed by atoms with E-state index in [-0.39, 0.29) is 0 Å². The number of esters is 1. The van der Waals surface area contributed by atoms with Crippen LogP contribution in [0.5, 0.6) is 0 Å². The smallest absolute Gasteiger partial charge is 0.457 e. The predicted molar refractivity (Wildman–Crippen MR) is 56.4 cm³/mol. The largest absolute Gasteiger partial charge is 0.465 e. The average Bonchev–Trinajstić information content (AvgIpc) is 2.86. The van der Waals surface area contributed by atoms with E-state index >= 15 is 0 Å². The van der Waals surface area contributed by atoms with Crippen LogP contribution in [0.2, 0.25) is 0 Å². The fourth-order valence-corrected chi connectivity index (χ4v) is 1.16. The van der Waals surface area contributed by atoms with E-state index in [4.69, 9.17) is 4.55 Å². The van der Waals surface area contributed by atoms with Gasteiger partial charge in [-0.1, -0.05) is 0 Å². The molecular weight excluding hydrogens is 306 g/mol. The van der Waals surface area contributed by atoms with Gasteiger partial charge < -0.3 is 9.47 Å². The van der Waals surface area contributed by atoms with Crippen molar-refractivity contribution in [3.8, 4) is 0 Å². The number of rotatable bonds is 5. The number of imidazole rings is 1. The summed E-state index contributed by atoms with van der Waals surface area (Å²) < 4.78 is 63.2. The maximum absolute atomic E-state index is 12.7. The Bertz CT molecular complexity index is 584. The Balaban J connectivity index is 2.39. The third-order valence-electron chi connectivity index (χ3n) is 1.82. The van der Waals surface area contributed by atoms with Crippen LogP contribution in [0.3, 0.4) is 0 Å². The number of hydrogen-bond donors (Lipinski definition) is 1. The van der Waals surface area contributed by atoms with Crippen molar-refractivity contribution in [3.05, 3.63) is 18.7 Å². The Hall–Kier alpha value is -2.08. The lowest BCUT2D eigenvalue weighted by molar-refractivity contribution is -0.162. The monoisotopic (exact) mass is 314 g/mol. The second kappa shape index (κ2) is 5.92. The Morgan fingerprint density at radius 2 is 1.90 bits per heavy atom. The maximum atomic E-state index is 12.7. The second-order valence-electron chi connectivity index (χ2n) is 3.21. The number of hydrogen-bond acceptors (Lipinski definition) is 7. The second-order valence-corrected chi connectivity index (χ2v) is 4.67. The lowest BCUT2D eigenvalue weighted by atomic mass is 10.7. The third kappa shape index (κ3) is 3.71. The molecule has 1 aromatic rings. The van der Waals surface area contributed by atoms with Gasteiger partial charge in [-0.3, -0.25) is 4.55 Å². The van der Waals surface area contributed by atoms with Crippen LogP contribution in [-0.4, -0.2) is 53.1 Å². The molecule has 0 amide bonds. The molecule has 12 heteroatoms. The lowest BCUT2D eigenvalue weighted by Crippen LogP contribution is -2.39. The van der Waals surface area contributed by atoms with Gasteiger partial charge in [-0.2, -0.15) is 17.2 Å². The Kier molecular flexibility index (Phi) is 4.73. The number of halogens is 2. The summed E-state index contributed by atoms with van der Waals surface area (Å²) in [6.07, 6.45) is 2.75. The van der Waals surface area contributed by atoms with Crippen molar-refractivity contribution >= 4 is 22.2 Å². The molecule has 0 fully saturated rings. The van der Waals surface area contributed by atoms with Gasteiger partial charge in [0.25, 0.3) is 0 Å². The van der Waals surface area contributed by atoms with Crippen LogP contribution in [0.4, 0.5) is 13.6 Å². The average molecular weight is 314 g/mol. The van der Waals surface area contributed by atoms with Crippen LogP contribution in [0.1, 0.15) is 0 Å². The molecule has 1 aromatic heterocycles. The van der Waals surface area contributed by atoms with E-state index in [0.717, 1.165) is 10.9 Å². The summed E-state index contributed by atoms with van der Waals surface area (Å²) >= 11 is 0. The molecule has 0 radical (unpaired) electrons. The summed E-state index contributed by atoms with van der Waals surface area (Å²) in [5.74, 6) is -2.47. The van der Waals surface area contributed by atoms with Crippen molar-refractivity contribution in [1.82, 2.24) is 9.55 Å². The van der Waals surface area contributed by atoms with Crippen molar-refractivity contribution in [2.75, 3.05) is 13.2 Å².